The SMILES string of the molecule is C=CCN(CC(=O)Nc1nc(-c2ccccc2)cn1-c1ccc(F)cc1)S(=O)(=O)c1ccc(OC)cc1. The quantitative estimate of drug-likeness (QED) is 0.311. The van der Waals surface area contributed by atoms with Crippen LogP contribution in [0, 0.1) is 5.82 Å². The van der Waals surface area contributed by atoms with E-state index < -0.39 is 28.3 Å². The van der Waals surface area contributed by atoms with Gasteiger partial charge < -0.3 is 4.74 Å². The number of halogens is 1. The van der Waals surface area contributed by atoms with Gasteiger partial charge in [-0.2, -0.15) is 4.31 Å². The monoisotopic (exact) mass is 520 g/mol. The van der Waals surface area contributed by atoms with Crippen LogP contribution in [0.2, 0.25) is 0 Å². The summed E-state index contributed by atoms with van der Waals surface area (Å²) < 4.78 is 47.7. The van der Waals surface area contributed by atoms with Crippen molar-refractivity contribution in [1.29, 1.82) is 0 Å². The Morgan fingerprint density at radius 1 is 1.08 bits per heavy atom. The summed E-state index contributed by atoms with van der Waals surface area (Å²) >= 11 is 0. The zero-order valence-electron chi connectivity index (χ0n) is 20.0. The molecule has 0 aliphatic heterocycles. The Balaban J connectivity index is 1.62. The van der Waals surface area contributed by atoms with Crippen molar-refractivity contribution in [2.45, 2.75) is 4.90 Å². The number of carbonyl (C=O) groups excluding carboxylic acids is 1. The van der Waals surface area contributed by atoms with E-state index in [2.05, 4.69) is 16.9 Å². The van der Waals surface area contributed by atoms with Crippen LogP contribution in [0.15, 0.2) is 103 Å². The molecular formula is C27H25FN4O4S. The molecule has 0 bridgehead atoms. The van der Waals surface area contributed by atoms with E-state index in [1.165, 1.54) is 49.6 Å². The third-order valence-corrected chi connectivity index (χ3v) is 7.31. The zero-order valence-corrected chi connectivity index (χ0v) is 20.9. The second-order valence-corrected chi connectivity index (χ2v) is 9.91. The summed E-state index contributed by atoms with van der Waals surface area (Å²) in [7, 11) is -2.52. The Morgan fingerprint density at radius 3 is 2.38 bits per heavy atom. The van der Waals surface area contributed by atoms with Crippen molar-refractivity contribution < 1.29 is 22.3 Å². The number of aromatic nitrogens is 2. The molecule has 3 aromatic carbocycles. The highest BCUT2D eigenvalue weighted by molar-refractivity contribution is 7.89. The normalized spacial score (nSPS) is 11.3. The molecule has 0 atom stereocenters. The maximum atomic E-state index is 13.5. The number of nitrogens with one attached hydrogen (secondary N) is 1. The minimum absolute atomic E-state index is 0.0159. The molecule has 1 N–H and O–H groups in total. The third kappa shape index (κ3) is 5.93. The lowest BCUT2D eigenvalue weighted by molar-refractivity contribution is -0.116. The molecule has 0 radical (unpaired) electrons. The summed E-state index contributed by atoms with van der Waals surface area (Å²) in [4.78, 5) is 17.6. The number of hydrogen-bond donors (Lipinski definition) is 1. The number of benzene rings is 3. The van der Waals surface area contributed by atoms with Gasteiger partial charge in [-0.15, -0.1) is 6.58 Å². The van der Waals surface area contributed by atoms with Gasteiger partial charge >= 0.3 is 0 Å². The minimum Gasteiger partial charge on any atom is -0.497 e. The Hall–Kier alpha value is -4.28. The Kier molecular flexibility index (Phi) is 7.80. The number of rotatable bonds is 10. The van der Waals surface area contributed by atoms with Gasteiger partial charge in [0.15, 0.2) is 0 Å². The van der Waals surface area contributed by atoms with Crippen molar-refractivity contribution in [2.75, 3.05) is 25.5 Å². The molecule has 1 heterocycles. The van der Waals surface area contributed by atoms with Gasteiger partial charge in [-0.3, -0.25) is 14.7 Å². The number of nitrogens with zero attached hydrogens (tertiary/aromatic N) is 3. The number of ether oxygens (including phenoxy) is 1. The van der Waals surface area contributed by atoms with Gasteiger partial charge in [-0.25, -0.2) is 17.8 Å². The fourth-order valence-electron chi connectivity index (χ4n) is 3.63. The predicted octanol–water partition coefficient (Wildman–Crippen LogP) is 4.50. The van der Waals surface area contributed by atoms with E-state index in [4.69, 9.17) is 4.74 Å². The molecule has 0 aliphatic rings. The molecule has 4 aromatic rings. The van der Waals surface area contributed by atoms with Gasteiger partial charge in [0.2, 0.25) is 21.9 Å². The molecule has 0 fully saturated rings. The van der Waals surface area contributed by atoms with Crippen LogP contribution in [0.4, 0.5) is 10.3 Å². The smallest absolute Gasteiger partial charge is 0.243 e. The van der Waals surface area contributed by atoms with Gasteiger partial charge in [-0.1, -0.05) is 36.4 Å². The summed E-state index contributed by atoms with van der Waals surface area (Å²) in [5.41, 5.74) is 1.96. The summed E-state index contributed by atoms with van der Waals surface area (Å²) in [5.74, 6) is -0.335. The van der Waals surface area contributed by atoms with Gasteiger partial charge in [0.1, 0.15) is 11.6 Å². The lowest BCUT2D eigenvalue weighted by atomic mass is 10.2. The first-order valence-corrected chi connectivity index (χ1v) is 12.7. The van der Waals surface area contributed by atoms with Crippen LogP contribution < -0.4 is 10.1 Å². The molecule has 8 nitrogen and oxygen atoms in total. The van der Waals surface area contributed by atoms with E-state index in [9.17, 15) is 17.6 Å². The number of carbonyl (C=O) groups is 1. The molecule has 1 amide bonds. The van der Waals surface area contributed by atoms with Gasteiger partial charge in [0.05, 0.1) is 24.2 Å². The number of amides is 1. The lowest BCUT2D eigenvalue weighted by Gasteiger charge is -2.20. The molecule has 0 saturated heterocycles. The van der Waals surface area contributed by atoms with Crippen molar-refractivity contribution >= 4 is 21.9 Å². The maximum absolute atomic E-state index is 13.5. The van der Waals surface area contributed by atoms with E-state index in [-0.39, 0.29) is 17.4 Å². The molecule has 0 saturated carbocycles. The van der Waals surface area contributed by atoms with Crippen LogP contribution in [0.25, 0.3) is 16.9 Å². The van der Waals surface area contributed by atoms with Crippen LogP contribution in [-0.2, 0) is 14.8 Å². The molecule has 0 unspecified atom stereocenters. The van der Waals surface area contributed by atoms with Crippen molar-refractivity contribution in [1.82, 2.24) is 13.9 Å². The van der Waals surface area contributed by atoms with E-state index in [1.807, 2.05) is 30.3 Å². The molecule has 1 aromatic heterocycles. The number of imidazole rings is 1. The lowest BCUT2D eigenvalue weighted by Crippen LogP contribution is -2.38. The molecule has 4 rings (SSSR count). The first-order valence-electron chi connectivity index (χ1n) is 11.3. The number of sulfonamides is 1. The van der Waals surface area contributed by atoms with Gasteiger partial charge in [0, 0.05) is 24.0 Å². The first kappa shape index (κ1) is 25.8. The minimum atomic E-state index is -4.00. The molecule has 190 valence electrons. The molecule has 0 aliphatic carbocycles. The Morgan fingerprint density at radius 2 is 1.76 bits per heavy atom. The molecule has 37 heavy (non-hydrogen) atoms. The average Bonchev–Trinajstić information content (AvgIpc) is 3.33. The first-order chi connectivity index (χ1) is 17.8. The average molecular weight is 521 g/mol. The second kappa shape index (κ2) is 11.2. The fourth-order valence-corrected chi connectivity index (χ4v) is 4.99. The number of hydrogen-bond acceptors (Lipinski definition) is 5. The summed E-state index contributed by atoms with van der Waals surface area (Å²) in [6, 6.07) is 20.9. The highest BCUT2D eigenvalue weighted by Gasteiger charge is 2.26. The highest BCUT2D eigenvalue weighted by atomic mass is 32.2. The second-order valence-electron chi connectivity index (χ2n) is 7.97. The van der Waals surface area contributed by atoms with Crippen LogP contribution in [0.3, 0.4) is 0 Å². The Bertz CT molecular complexity index is 1490. The van der Waals surface area contributed by atoms with E-state index in [0.29, 0.717) is 17.1 Å². The standard InChI is InChI=1S/C27H25FN4O4S/c1-3-17-31(37(34,35)24-15-13-23(36-2)14-16-24)19-26(33)30-27-29-25(20-7-5-4-6-8-20)18-32(27)22-11-9-21(28)10-12-22/h3-16,18H,1,17,19H2,2H3,(H,29,30,33). The fraction of sp³-hybridized carbons (Fsp3) is 0.111. The third-order valence-electron chi connectivity index (χ3n) is 5.48. The van der Waals surface area contributed by atoms with Crippen molar-refractivity contribution in [3.63, 3.8) is 0 Å². The van der Waals surface area contributed by atoms with Crippen molar-refractivity contribution in [2.24, 2.45) is 0 Å². The van der Waals surface area contributed by atoms with Crippen LogP contribution in [-0.4, -0.2) is 48.4 Å². The van der Waals surface area contributed by atoms with E-state index >= 15 is 0 Å². The predicted molar refractivity (Wildman–Crippen MR) is 140 cm³/mol. The van der Waals surface area contributed by atoms with E-state index in [0.717, 1.165) is 9.87 Å². The Labute approximate surface area is 214 Å². The maximum Gasteiger partial charge on any atom is 0.243 e. The molecule has 10 heteroatoms. The summed E-state index contributed by atoms with van der Waals surface area (Å²) in [5, 5.41) is 2.70. The van der Waals surface area contributed by atoms with Crippen molar-refractivity contribution in [3.8, 4) is 22.7 Å². The number of anilines is 1. The van der Waals surface area contributed by atoms with E-state index in [1.54, 1.807) is 22.9 Å². The van der Waals surface area contributed by atoms with Crippen LogP contribution >= 0.6 is 0 Å². The number of methoxy groups -OCH3 is 1. The topological polar surface area (TPSA) is 93.5 Å². The summed E-state index contributed by atoms with van der Waals surface area (Å²) in [6.07, 6.45) is 3.12. The van der Waals surface area contributed by atoms with Crippen molar-refractivity contribution in [3.05, 3.63) is 104 Å². The summed E-state index contributed by atoms with van der Waals surface area (Å²) in [6.45, 7) is 3.06. The van der Waals surface area contributed by atoms with Gasteiger partial charge in [-0.05, 0) is 48.5 Å². The highest BCUT2D eigenvalue weighted by Crippen LogP contribution is 2.25. The zero-order chi connectivity index (χ0) is 26.4. The molecule has 0 spiro atoms. The molecular weight excluding hydrogens is 495 g/mol. The van der Waals surface area contributed by atoms with Crippen LogP contribution in [0.1, 0.15) is 0 Å². The van der Waals surface area contributed by atoms with Crippen LogP contribution in [0.5, 0.6) is 5.75 Å². The largest absolute Gasteiger partial charge is 0.497 e. The van der Waals surface area contributed by atoms with Gasteiger partial charge in [0.25, 0.3) is 0 Å².